The van der Waals surface area contributed by atoms with E-state index >= 15 is 0 Å². The van der Waals surface area contributed by atoms with Gasteiger partial charge in [0.05, 0.1) is 7.11 Å². The van der Waals surface area contributed by atoms with Crippen molar-refractivity contribution in [3.05, 3.63) is 101 Å². The molecule has 190 valence electrons. The lowest BCUT2D eigenvalue weighted by molar-refractivity contribution is 0.191. The molecule has 2 amide bonds. The Labute approximate surface area is 213 Å². The van der Waals surface area contributed by atoms with E-state index in [4.69, 9.17) is 4.74 Å². The Hall–Kier alpha value is -3.38. The Morgan fingerprint density at radius 1 is 0.972 bits per heavy atom. The van der Waals surface area contributed by atoms with Gasteiger partial charge in [-0.2, -0.15) is 0 Å². The number of piperidine rings is 1. The third-order valence-corrected chi connectivity index (χ3v) is 6.91. The predicted molar refractivity (Wildman–Crippen MR) is 141 cm³/mol. The van der Waals surface area contributed by atoms with E-state index in [9.17, 15) is 9.18 Å². The summed E-state index contributed by atoms with van der Waals surface area (Å²) in [4.78, 5) is 17.3. The molecular weight excluding hydrogens is 453 g/mol. The lowest BCUT2D eigenvalue weighted by Gasteiger charge is -2.33. The van der Waals surface area contributed by atoms with Gasteiger partial charge in [0.15, 0.2) is 0 Å². The van der Waals surface area contributed by atoms with Gasteiger partial charge in [0.25, 0.3) is 0 Å². The third-order valence-electron chi connectivity index (χ3n) is 6.91. The van der Waals surface area contributed by atoms with Crippen molar-refractivity contribution in [2.24, 2.45) is 0 Å². The summed E-state index contributed by atoms with van der Waals surface area (Å²) in [6, 6.07) is 23.2. The molecule has 3 aromatic carbocycles. The molecule has 0 atom stereocenters. The van der Waals surface area contributed by atoms with Crippen LogP contribution in [0.15, 0.2) is 72.8 Å². The van der Waals surface area contributed by atoms with Crippen LogP contribution in [0.5, 0.6) is 5.75 Å². The van der Waals surface area contributed by atoms with Crippen molar-refractivity contribution >= 4 is 6.03 Å². The molecule has 1 heterocycles. The van der Waals surface area contributed by atoms with Crippen LogP contribution in [-0.4, -0.2) is 42.6 Å². The Morgan fingerprint density at radius 2 is 1.64 bits per heavy atom. The largest absolute Gasteiger partial charge is 0.497 e. The summed E-state index contributed by atoms with van der Waals surface area (Å²) in [6.45, 7) is 6.47. The number of amides is 2. The molecule has 1 N–H and O–H groups in total. The van der Waals surface area contributed by atoms with E-state index in [2.05, 4.69) is 34.5 Å². The van der Waals surface area contributed by atoms with E-state index in [1.165, 1.54) is 23.3 Å². The number of hydrogen-bond acceptors (Lipinski definition) is 3. The van der Waals surface area contributed by atoms with Crippen LogP contribution in [0.2, 0.25) is 0 Å². The van der Waals surface area contributed by atoms with E-state index in [0.29, 0.717) is 25.6 Å². The number of carbonyl (C=O) groups is 1. The Kier molecular flexibility index (Phi) is 8.95. The second-order valence-corrected chi connectivity index (χ2v) is 9.42. The summed E-state index contributed by atoms with van der Waals surface area (Å²) in [5.74, 6) is 1.07. The van der Waals surface area contributed by atoms with Crippen LogP contribution in [0.3, 0.4) is 0 Å². The molecule has 36 heavy (non-hydrogen) atoms. The van der Waals surface area contributed by atoms with E-state index in [0.717, 1.165) is 49.4 Å². The molecule has 3 aromatic rings. The van der Waals surface area contributed by atoms with Gasteiger partial charge in [0, 0.05) is 26.2 Å². The molecule has 4 rings (SSSR count). The molecule has 0 bridgehead atoms. The van der Waals surface area contributed by atoms with Crippen LogP contribution in [0, 0.1) is 5.82 Å². The molecule has 6 heteroatoms. The maximum Gasteiger partial charge on any atom is 0.317 e. The number of ether oxygens (including phenoxy) is 1. The minimum atomic E-state index is -0.192. The van der Waals surface area contributed by atoms with Crippen molar-refractivity contribution in [2.45, 2.75) is 45.3 Å². The number of hydrogen-bond donors (Lipinski definition) is 1. The van der Waals surface area contributed by atoms with Gasteiger partial charge in [-0.05, 0) is 85.3 Å². The van der Waals surface area contributed by atoms with Crippen molar-refractivity contribution in [3.8, 4) is 5.75 Å². The van der Waals surface area contributed by atoms with Crippen molar-refractivity contribution in [2.75, 3.05) is 26.7 Å². The summed E-state index contributed by atoms with van der Waals surface area (Å²) in [6.07, 6.45) is 2.13. The third kappa shape index (κ3) is 6.85. The van der Waals surface area contributed by atoms with E-state index in [1.54, 1.807) is 7.11 Å². The van der Waals surface area contributed by atoms with Crippen molar-refractivity contribution < 1.29 is 13.9 Å². The highest BCUT2D eigenvalue weighted by Crippen LogP contribution is 2.32. The fourth-order valence-electron chi connectivity index (χ4n) is 4.95. The lowest BCUT2D eigenvalue weighted by Crippen LogP contribution is -2.39. The van der Waals surface area contributed by atoms with Gasteiger partial charge in [0.1, 0.15) is 11.6 Å². The smallest absolute Gasteiger partial charge is 0.317 e. The summed E-state index contributed by atoms with van der Waals surface area (Å²) < 4.78 is 18.5. The van der Waals surface area contributed by atoms with E-state index in [-0.39, 0.29) is 11.8 Å². The molecule has 1 fully saturated rings. The normalized spacial score (nSPS) is 14.4. The monoisotopic (exact) mass is 489 g/mol. The van der Waals surface area contributed by atoms with Crippen LogP contribution < -0.4 is 10.1 Å². The van der Waals surface area contributed by atoms with E-state index in [1.807, 2.05) is 48.2 Å². The van der Waals surface area contributed by atoms with Crippen LogP contribution in [0.25, 0.3) is 0 Å². The average Bonchev–Trinajstić information content (AvgIpc) is 2.91. The molecule has 0 aliphatic carbocycles. The molecule has 0 unspecified atom stereocenters. The zero-order chi connectivity index (χ0) is 25.3. The van der Waals surface area contributed by atoms with Crippen molar-refractivity contribution in [3.63, 3.8) is 0 Å². The Morgan fingerprint density at radius 3 is 2.31 bits per heavy atom. The van der Waals surface area contributed by atoms with Gasteiger partial charge >= 0.3 is 6.03 Å². The topological polar surface area (TPSA) is 44.8 Å². The maximum absolute atomic E-state index is 13.2. The number of benzene rings is 3. The molecule has 1 aliphatic heterocycles. The van der Waals surface area contributed by atoms with Crippen molar-refractivity contribution in [1.82, 2.24) is 15.1 Å². The number of methoxy groups -OCH3 is 1. The fraction of sp³-hybridized carbons (Fsp3) is 0.367. The molecular formula is C30H36FN3O2. The number of rotatable bonds is 9. The van der Waals surface area contributed by atoms with Crippen LogP contribution in [0.4, 0.5) is 9.18 Å². The Balaban J connectivity index is 1.43. The number of likely N-dealkylation sites (tertiary alicyclic amines) is 1. The van der Waals surface area contributed by atoms with Gasteiger partial charge in [-0.15, -0.1) is 0 Å². The molecule has 0 spiro atoms. The van der Waals surface area contributed by atoms with Crippen LogP contribution >= 0.6 is 0 Å². The van der Waals surface area contributed by atoms with Gasteiger partial charge in [-0.1, -0.05) is 48.5 Å². The van der Waals surface area contributed by atoms with Gasteiger partial charge in [0.2, 0.25) is 0 Å². The number of nitrogens with one attached hydrogen (secondary N) is 1. The summed E-state index contributed by atoms with van der Waals surface area (Å²) in [5, 5.41) is 2.97. The summed E-state index contributed by atoms with van der Waals surface area (Å²) in [7, 11) is 1.65. The molecule has 0 saturated carbocycles. The molecule has 1 aliphatic rings. The number of halogens is 1. The highest BCUT2D eigenvalue weighted by molar-refractivity contribution is 5.74. The summed E-state index contributed by atoms with van der Waals surface area (Å²) in [5.41, 5.74) is 4.75. The van der Waals surface area contributed by atoms with Gasteiger partial charge in [-0.25, -0.2) is 9.18 Å². The second kappa shape index (κ2) is 12.5. The van der Waals surface area contributed by atoms with Gasteiger partial charge < -0.3 is 15.0 Å². The highest BCUT2D eigenvalue weighted by atomic mass is 19.1. The minimum Gasteiger partial charge on any atom is -0.497 e. The maximum atomic E-state index is 13.2. The molecule has 0 aromatic heterocycles. The Bertz CT molecular complexity index is 1110. The minimum absolute atomic E-state index is 0.0581. The average molecular weight is 490 g/mol. The summed E-state index contributed by atoms with van der Waals surface area (Å²) >= 11 is 0. The molecule has 5 nitrogen and oxygen atoms in total. The fourth-order valence-corrected chi connectivity index (χ4v) is 4.95. The quantitative estimate of drug-likeness (QED) is 0.404. The first-order chi connectivity index (χ1) is 17.6. The first-order valence-corrected chi connectivity index (χ1v) is 12.8. The number of urea groups is 1. The SMILES string of the molecule is CCNC(=O)N(Cc1ccc(OC)cc1)Cc1ccccc1C1CCN(Cc2ccc(F)cc2)CC1. The second-order valence-electron chi connectivity index (χ2n) is 9.42. The van der Waals surface area contributed by atoms with E-state index < -0.39 is 0 Å². The molecule has 1 saturated heterocycles. The van der Waals surface area contributed by atoms with Crippen LogP contribution in [-0.2, 0) is 19.6 Å². The molecule has 0 radical (unpaired) electrons. The first-order valence-electron chi connectivity index (χ1n) is 12.8. The van der Waals surface area contributed by atoms with Gasteiger partial charge in [-0.3, -0.25) is 4.90 Å². The lowest BCUT2D eigenvalue weighted by atomic mass is 9.86. The first kappa shape index (κ1) is 25.7. The van der Waals surface area contributed by atoms with Crippen LogP contribution in [0.1, 0.15) is 47.9 Å². The predicted octanol–water partition coefficient (Wildman–Crippen LogP) is 5.95. The van der Waals surface area contributed by atoms with Crippen molar-refractivity contribution in [1.29, 1.82) is 0 Å². The zero-order valence-corrected chi connectivity index (χ0v) is 21.3. The number of nitrogens with zero attached hydrogens (tertiary/aromatic N) is 2. The zero-order valence-electron chi connectivity index (χ0n) is 21.3. The number of carbonyl (C=O) groups excluding carboxylic acids is 1. The highest BCUT2D eigenvalue weighted by Gasteiger charge is 2.24. The standard InChI is InChI=1S/C30H36FN3O2/c1-3-32-30(35)34(21-24-10-14-28(36-2)15-11-24)22-26-6-4-5-7-29(26)25-16-18-33(19-17-25)20-23-8-12-27(31)13-9-23/h4-15,25H,3,16-22H2,1-2H3,(H,32,35).